The summed E-state index contributed by atoms with van der Waals surface area (Å²) in [6, 6.07) is 3.92. The molecule has 3 N–H and O–H groups in total. The average Bonchev–Trinajstić information content (AvgIpc) is 2.97. The molecule has 1 amide bonds. The predicted molar refractivity (Wildman–Crippen MR) is 67.9 cm³/mol. The number of nitrogens with one attached hydrogen (secondary N) is 2. The van der Waals surface area contributed by atoms with Crippen molar-refractivity contribution < 1.29 is 14.3 Å². The summed E-state index contributed by atoms with van der Waals surface area (Å²) >= 11 is 0. The molecule has 0 unspecified atom stereocenters. The number of hydrogen-bond donors (Lipinski definition) is 3. The first-order valence-corrected chi connectivity index (χ1v) is 5.72. The lowest BCUT2D eigenvalue weighted by Crippen LogP contribution is -2.24. The zero-order valence-corrected chi connectivity index (χ0v) is 10.4. The number of carbonyl (C=O) groups excluding carboxylic acids is 1. The van der Waals surface area contributed by atoms with Crippen molar-refractivity contribution in [3.8, 4) is 11.8 Å². The third-order valence-corrected chi connectivity index (χ3v) is 2.40. The Hall–Kier alpha value is -2.72. The van der Waals surface area contributed by atoms with E-state index in [2.05, 4.69) is 32.3 Å². The molecular weight excluding hydrogens is 263 g/mol. The maximum Gasteiger partial charge on any atom is 0.254 e. The number of aromatic nitrogens is 3. The Morgan fingerprint density at radius 3 is 3.05 bits per heavy atom. The SMILES string of the molecule is O=C(NCc1ncn[nH]1)c1cc(C#CCO)ccc1F. The van der Waals surface area contributed by atoms with Crippen LogP contribution in [-0.2, 0) is 6.54 Å². The van der Waals surface area contributed by atoms with Gasteiger partial charge in [0.2, 0.25) is 0 Å². The highest BCUT2D eigenvalue weighted by atomic mass is 19.1. The quantitative estimate of drug-likeness (QED) is 0.698. The molecule has 6 nitrogen and oxygen atoms in total. The van der Waals surface area contributed by atoms with E-state index in [1.54, 1.807) is 0 Å². The minimum atomic E-state index is -0.644. The van der Waals surface area contributed by atoms with Crippen LogP contribution in [0.2, 0.25) is 0 Å². The van der Waals surface area contributed by atoms with Gasteiger partial charge in [0.05, 0.1) is 12.1 Å². The second kappa shape index (κ2) is 6.45. The number of benzene rings is 1. The van der Waals surface area contributed by atoms with Gasteiger partial charge in [-0.1, -0.05) is 11.8 Å². The average molecular weight is 274 g/mol. The molecule has 2 rings (SSSR count). The number of rotatable bonds is 3. The fourth-order valence-electron chi connectivity index (χ4n) is 1.49. The largest absolute Gasteiger partial charge is 0.384 e. The van der Waals surface area contributed by atoms with Crippen LogP contribution in [0.15, 0.2) is 24.5 Å². The van der Waals surface area contributed by atoms with Crippen LogP contribution >= 0.6 is 0 Å². The van der Waals surface area contributed by atoms with E-state index < -0.39 is 11.7 Å². The minimum Gasteiger partial charge on any atom is -0.384 e. The summed E-state index contributed by atoms with van der Waals surface area (Å²) in [5.74, 6) is 4.29. The van der Waals surface area contributed by atoms with Gasteiger partial charge < -0.3 is 10.4 Å². The lowest BCUT2D eigenvalue weighted by molar-refractivity contribution is 0.0946. The second-order valence-corrected chi connectivity index (χ2v) is 3.77. The molecule has 0 aliphatic rings. The minimum absolute atomic E-state index is 0.116. The van der Waals surface area contributed by atoms with Gasteiger partial charge in [0, 0.05) is 5.56 Å². The van der Waals surface area contributed by atoms with Gasteiger partial charge in [-0.15, -0.1) is 0 Å². The highest BCUT2D eigenvalue weighted by Gasteiger charge is 2.12. The number of H-pyrrole nitrogens is 1. The number of aliphatic hydroxyl groups excluding tert-OH is 1. The number of nitrogens with zero attached hydrogens (tertiary/aromatic N) is 2. The molecule has 102 valence electrons. The second-order valence-electron chi connectivity index (χ2n) is 3.77. The van der Waals surface area contributed by atoms with E-state index in [-0.39, 0.29) is 18.7 Å². The molecule has 0 saturated carbocycles. The first-order valence-electron chi connectivity index (χ1n) is 5.72. The van der Waals surface area contributed by atoms with E-state index in [1.807, 2.05) is 0 Å². The molecule has 0 saturated heterocycles. The van der Waals surface area contributed by atoms with Crippen molar-refractivity contribution in [2.24, 2.45) is 0 Å². The fourth-order valence-corrected chi connectivity index (χ4v) is 1.49. The van der Waals surface area contributed by atoms with Gasteiger partial charge >= 0.3 is 0 Å². The Labute approximate surface area is 114 Å². The van der Waals surface area contributed by atoms with E-state index in [4.69, 9.17) is 5.11 Å². The topological polar surface area (TPSA) is 90.9 Å². The van der Waals surface area contributed by atoms with Gasteiger partial charge in [-0.3, -0.25) is 9.89 Å². The molecule has 0 radical (unpaired) electrons. The molecule has 0 aliphatic heterocycles. The number of aromatic amines is 1. The molecule has 0 fully saturated rings. The molecule has 0 spiro atoms. The number of hydrogen-bond acceptors (Lipinski definition) is 4. The Morgan fingerprint density at radius 2 is 2.35 bits per heavy atom. The summed E-state index contributed by atoms with van der Waals surface area (Å²) in [5, 5.41) is 17.3. The Kier molecular flexibility index (Phi) is 4.42. The lowest BCUT2D eigenvalue weighted by Gasteiger charge is -2.05. The van der Waals surface area contributed by atoms with Crippen molar-refractivity contribution in [2.45, 2.75) is 6.54 Å². The van der Waals surface area contributed by atoms with E-state index in [0.717, 1.165) is 6.07 Å². The summed E-state index contributed by atoms with van der Waals surface area (Å²) in [5.41, 5.74) is 0.333. The summed E-state index contributed by atoms with van der Waals surface area (Å²) < 4.78 is 13.6. The molecule has 1 aromatic heterocycles. The number of carbonyl (C=O) groups is 1. The van der Waals surface area contributed by atoms with Crippen molar-refractivity contribution in [1.29, 1.82) is 0 Å². The van der Waals surface area contributed by atoms with Crippen LogP contribution in [0.5, 0.6) is 0 Å². The molecule has 0 bridgehead atoms. The zero-order valence-electron chi connectivity index (χ0n) is 10.4. The van der Waals surface area contributed by atoms with Crippen molar-refractivity contribution >= 4 is 5.91 Å². The first-order chi connectivity index (χ1) is 9.70. The molecule has 0 atom stereocenters. The van der Waals surface area contributed by atoms with Crippen LogP contribution in [0.4, 0.5) is 4.39 Å². The predicted octanol–water partition coefficient (Wildman–Crippen LogP) is 0.218. The molecule has 2 aromatic rings. The summed E-state index contributed by atoms with van der Waals surface area (Å²) in [4.78, 5) is 15.7. The van der Waals surface area contributed by atoms with Crippen molar-refractivity contribution in [2.75, 3.05) is 6.61 Å². The van der Waals surface area contributed by atoms with Crippen LogP contribution in [0.1, 0.15) is 21.7 Å². The third-order valence-electron chi connectivity index (χ3n) is 2.40. The maximum atomic E-state index is 13.6. The number of halogens is 1. The van der Waals surface area contributed by atoms with Gasteiger partial charge in [0.1, 0.15) is 24.6 Å². The fraction of sp³-hybridized carbons (Fsp3) is 0.154. The maximum absolute atomic E-state index is 13.6. The van der Waals surface area contributed by atoms with E-state index in [0.29, 0.717) is 11.4 Å². The van der Waals surface area contributed by atoms with E-state index in [1.165, 1.54) is 18.5 Å². The summed E-state index contributed by atoms with van der Waals surface area (Å²) in [6.07, 6.45) is 1.31. The number of aliphatic hydroxyl groups is 1. The van der Waals surface area contributed by atoms with Crippen LogP contribution in [-0.4, -0.2) is 32.8 Å². The molecule has 1 heterocycles. The van der Waals surface area contributed by atoms with Gasteiger partial charge in [-0.05, 0) is 18.2 Å². The van der Waals surface area contributed by atoms with Gasteiger partial charge in [0.15, 0.2) is 0 Å². The highest BCUT2D eigenvalue weighted by molar-refractivity contribution is 5.94. The lowest BCUT2D eigenvalue weighted by atomic mass is 10.1. The highest BCUT2D eigenvalue weighted by Crippen LogP contribution is 2.10. The van der Waals surface area contributed by atoms with Crippen molar-refractivity contribution in [3.63, 3.8) is 0 Å². The van der Waals surface area contributed by atoms with Gasteiger partial charge in [-0.2, -0.15) is 5.10 Å². The summed E-state index contributed by atoms with van der Waals surface area (Å²) in [6.45, 7) is -0.185. The summed E-state index contributed by atoms with van der Waals surface area (Å²) in [7, 11) is 0. The normalized spacial score (nSPS) is 9.70. The van der Waals surface area contributed by atoms with Crippen LogP contribution < -0.4 is 5.32 Å². The first kappa shape index (κ1) is 13.7. The van der Waals surface area contributed by atoms with Crippen LogP contribution in [0, 0.1) is 17.7 Å². The van der Waals surface area contributed by atoms with E-state index >= 15 is 0 Å². The Balaban J connectivity index is 2.12. The number of amides is 1. The molecule has 1 aromatic carbocycles. The van der Waals surface area contributed by atoms with Gasteiger partial charge in [0.25, 0.3) is 5.91 Å². The Bertz CT molecular complexity index is 659. The molecule has 0 aliphatic carbocycles. The monoisotopic (exact) mass is 274 g/mol. The molecule has 20 heavy (non-hydrogen) atoms. The van der Waals surface area contributed by atoms with E-state index in [9.17, 15) is 9.18 Å². The van der Waals surface area contributed by atoms with Gasteiger partial charge in [-0.25, -0.2) is 9.37 Å². The Morgan fingerprint density at radius 1 is 1.50 bits per heavy atom. The van der Waals surface area contributed by atoms with Crippen LogP contribution in [0.25, 0.3) is 0 Å². The molecule has 7 heteroatoms. The standard InChI is InChI=1S/C13H11FN4O2/c14-11-4-3-9(2-1-5-19)6-10(11)13(20)15-7-12-16-8-17-18-12/h3-4,6,8,19H,5,7H2,(H,15,20)(H,16,17,18). The molecular formula is C13H11FN4O2. The van der Waals surface area contributed by atoms with Crippen LogP contribution in [0.3, 0.4) is 0 Å². The third kappa shape index (κ3) is 3.40. The van der Waals surface area contributed by atoms with Crippen molar-refractivity contribution in [1.82, 2.24) is 20.5 Å². The zero-order chi connectivity index (χ0) is 14.4. The van der Waals surface area contributed by atoms with Crippen molar-refractivity contribution in [3.05, 3.63) is 47.3 Å². The smallest absolute Gasteiger partial charge is 0.254 e.